The third kappa shape index (κ3) is 4.57. The monoisotopic (exact) mass is 235 g/mol. The summed E-state index contributed by atoms with van der Waals surface area (Å²) in [5, 5.41) is 9.27. The molecule has 0 heterocycles. The highest BCUT2D eigenvalue weighted by molar-refractivity contribution is 5.80. The van der Waals surface area contributed by atoms with Gasteiger partial charge in [0.05, 0.1) is 0 Å². The van der Waals surface area contributed by atoms with Crippen LogP contribution < -0.4 is 0 Å². The fraction of sp³-hybridized carbons (Fsp3) is 0.500. The van der Waals surface area contributed by atoms with Crippen molar-refractivity contribution in [3.05, 3.63) is 36.0 Å². The molecule has 1 aliphatic rings. The van der Waals surface area contributed by atoms with E-state index in [1.165, 1.54) is 12.5 Å². The highest BCUT2D eigenvalue weighted by Crippen LogP contribution is 2.10. The SMILES string of the molecule is CCN(CCC1=CC=CCC=C1)C(=O)C(C)O. The minimum Gasteiger partial charge on any atom is -0.384 e. The average molecular weight is 235 g/mol. The van der Waals surface area contributed by atoms with Gasteiger partial charge in [-0.05, 0) is 32.3 Å². The minimum atomic E-state index is -0.909. The standard InChI is InChI=1S/C14H21NO2/c1-3-15(14(17)12(2)16)11-10-13-8-6-4-5-7-9-13/h4,6-9,12,16H,3,5,10-11H2,1-2H3. The van der Waals surface area contributed by atoms with Crippen LogP contribution in [0.15, 0.2) is 36.0 Å². The molecule has 1 aliphatic carbocycles. The molecule has 1 amide bonds. The predicted molar refractivity (Wildman–Crippen MR) is 69.5 cm³/mol. The van der Waals surface area contributed by atoms with Gasteiger partial charge in [-0.1, -0.05) is 30.4 Å². The number of likely N-dealkylation sites (N-methyl/N-ethyl adjacent to an activating group) is 1. The molecule has 0 aromatic heterocycles. The summed E-state index contributed by atoms with van der Waals surface area (Å²) in [7, 11) is 0. The molecule has 1 N–H and O–H groups in total. The molecule has 0 saturated heterocycles. The van der Waals surface area contributed by atoms with Crippen LogP contribution in [-0.2, 0) is 4.79 Å². The highest BCUT2D eigenvalue weighted by atomic mass is 16.3. The molecule has 1 rings (SSSR count). The summed E-state index contributed by atoms with van der Waals surface area (Å²) in [6, 6.07) is 0. The van der Waals surface area contributed by atoms with Gasteiger partial charge in [-0.3, -0.25) is 4.79 Å². The number of amides is 1. The smallest absolute Gasteiger partial charge is 0.251 e. The van der Waals surface area contributed by atoms with E-state index in [1.54, 1.807) is 4.90 Å². The van der Waals surface area contributed by atoms with Gasteiger partial charge < -0.3 is 10.0 Å². The lowest BCUT2D eigenvalue weighted by molar-refractivity contribution is -0.139. The lowest BCUT2D eigenvalue weighted by atomic mass is 10.1. The van der Waals surface area contributed by atoms with Gasteiger partial charge in [-0.25, -0.2) is 0 Å². The van der Waals surface area contributed by atoms with E-state index < -0.39 is 6.10 Å². The van der Waals surface area contributed by atoms with Crippen molar-refractivity contribution in [2.45, 2.75) is 32.8 Å². The average Bonchev–Trinajstić information content (AvgIpc) is 2.58. The molecule has 1 atom stereocenters. The number of aliphatic hydroxyl groups is 1. The van der Waals surface area contributed by atoms with E-state index in [0.29, 0.717) is 13.1 Å². The molecule has 0 fully saturated rings. The zero-order valence-electron chi connectivity index (χ0n) is 10.6. The Morgan fingerprint density at radius 2 is 2.29 bits per heavy atom. The first-order chi connectivity index (χ1) is 8.15. The summed E-state index contributed by atoms with van der Waals surface area (Å²) in [4.78, 5) is 13.3. The molecule has 0 aromatic rings. The number of allylic oxidation sites excluding steroid dienone is 5. The molecule has 94 valence electrons. The van der Waals surface area contributed by atoms with Gasteiger partial charge in [-0.15, -0.1) is 0 Å². The Kier molecular flexibility index (Phi) is 5.70. The fourth-order valence-corrected chi connectivity index (χ4v) is 1.74. The maximum Gasteiger partial charge on any atom is 0.251 e. The zero-order valence-corrected chi connectivity index (χ0v) is 10.6. The molecular weight excluding hydrogens is 214 g/mol. The third-order valence-electron chi connectivity index (χ3n) is 2.77. The molecule has 3 heteroatoms. The first-order valence-corrected chi connectivity index (χ1v) is 6.14. The largest absolute Gasteiger partial charge is 0.384 e. The van der Waals surface area contributed by atoms with Crippen LogP contribution >= 0.6 is 0 Å². The number of aliphatic hydroxyl groups excluding tert-OH is 1. The summed E-state index contributed by atoms with van der Waals surface area (Å²) in [5.41, 5.74) is 1.22. The third-order valence-corrected chi connectivity index (χ3v) is 2.77. The molecule has 0 saturated carbocycles. The molecule has 0 radical (unpaired) electrons. The van der Waals surface area contributed by atoms with Crippen molar-refractivity contribution >= 4 is 5.91 Å². The summed E-state index contributed by atoms with van der Waals surface area (Å²) < 4.78 is 0. The van der Waals surface area contributed by atoms with Gasteiger partial charge in [0.2, 0.25) is 0 Å². The van der Waals surface area contributed by atoms with E-state index in [0.717, 1.165) is 12.8 Å². The van der Waals surface area contributed by atoms with Crippen LogP contribution in [0.2, 0.25) is 0 Å². The Labute approximate surface area is 103 Å². The lowest BCUT2D eigenvalue weighted by Crippen LogP contribution is -2.38. The zero-order chi connectivity index (χ0) is 12.7. The molecule has 0 spiro atoms. The maximum atomic E-state index is 11.6. The summed E-state index contributed by atoms with van der Waals surface area (Å²) in [6.07, 6.45) is 11.3. The van der Waals surface area contributed by atoms with Gasteiger partial charge in [0.1, 0.15) is 6.10 Å². The number of carbonyl (C=O) groups excluding carboxylic acids is 1. The van der Waals surface area contributed by atoms with E-state index in [4.69, 9.17) is 0 Å². The Hall–Kier alpha value is -1.35. The molecule has 0 bridgehead atoms. The number of nitrogens with zero attached hydrogens (tertiary/aromatic N) is 1. The van der Waals surface area contributed by atoms with Gasteiger partial charge in [0.15, 0.2) is 0 Å². The van der Waals surface area contributed by atoms with Gasteiger partial charge >= 0.3 is 0 Å². The maximum absolute atomic E-state index is 11.6. The molecule has 0 aliphatic heterocycles. The van der Waals surface area contributed by atoms with Crippen molar-refractivity contribution in [3.8, 4) is 0 Å². The first-order valence-electron chi connectivity index (χ1n) is 6.14. The molecule has 0 aromatic carbocycles. The van der Waals surface area contributed by atoms with Crippen molar-refractivity contribution < 1.29 is 9.90 Å². The second-order valence-corrected chi connectivity index (χ2v) is 4.15. The number of hydrogen-bond acceptors (Lipinski definition) is 2. The van der Waals surface area contributed by atoms with Crippen LogP contribution in [0.1, 0.15) is 26.7 Å². The van der Waals surface area contributed by atoms with Crippen molar-refractivity contribution in [1.82, 2.24) is 4.90 Å². The summed E-state index contributed by atoms with van der Waals surface area (Å²) in [5.74, 6) is -0.193. The number of hydrogen-bond donors (Lipinski definition) is 1. The predicted octanol–water partition coefficient (Wildman–Crippen LogP) is 2.05. The fourth-order valence-electron chi connectivity index (χ4n) is 1.74. The highest BCUT2D eigenvalue weighted by Gasteiger charge is 2.16. The molecule has 1 unspecified atom stereocenters. The molecular formula is C14H21NO2. The van der Waals surface area contributed by atoms with Crippen molar-refractivity contribution in [2.75, 3.05) is 13.1 Å². The Morgan fingerprint density at radius 1 is 1.53 bits per heavy atom. The second-order valence-electron chi connectivity index (χ2n) is 4.15. The van der Waals surface area contributed by atoms with Crippen molar-refractivity contribution in [2.24, 2.45) is 0 Å². The summed E-state index contributed by atoms with van der Waals surface area (Å²) in [6.45, 7) is 4.73. The molecule has 17 heavy (non-hydrogen) atoms. The van der Waals surface area contributed by atoms with Gasteiger partial charge in [-0.2, -0.15) is 0 Å². The van der Waals surface area contributed by atoms with E-state index in [-0.39, 0.29) is 5.91 Å². The van der Waals surface area contributed by atoms with Crippen LogP contribution in [0.25, 0.3) is 0 Å². The first kappa shape index (κ1) is 13.7. The topological polar surface area (TPSA) is 40.5 Å². The van der Waals surface area contributed by atoms with Crippen LogP contribution in [0.5, 0.6) is 0 Å². The summed E-state index contributed by atoms with van der Waals surface area (Å²) >= 11 is 0. The quantitative estimate of drug-likeness (QED) is 0.792. The number of carbonyl (C=O) groups is 1. The van der Waals surface area contributed by atoms with E-state index in [1.807, 2.05) is 13.0 Å². The molecule has 3 nitrogen and oxygen atoms in total. The van der Waals surface area contributed by atoms with Crippen LogP contribution in [0.3, 0.4) is 0 Å². The second kappa shape index (κ2) is 7.07. The van der Waals surface area contributed by atoms with Crippen LogP contribution in [0.4, 0.5) is 0 Å². The van der Waals surface area contributed by atoms with Crippen LogP contribution in [-0.4, -0.2) is 35.1 Å². The Balaban J connectivity index is 2.50. The van der Waals surface area contributed by atoms with Crippen LogP contribution in [0, 0.1) is 0 Å². The Morgan fingerprint density at radius 3 is 2.94 bits per heavy atom. The van der Waals surface area contributed by atoms with Gasteiger partial charge in [0, 0.05) is 13.1 Å². The van der Waals surface area contributed by atoms with E-state index in [9.17, 15) is 9.90 Å². The minimum absolute atomic E-state index is 0.193. The van der Waals surface area contributed by atoms with Crippen molar-refractivity contribution in [1.29, 1.82) is 0 Å². The van der Waals surface area contributed by atoms with Crippen molar-refractivity contribution in [3.63, 3.8) is 0 Å². The van der Waals surface area contributed by atoms with E-state index >= 15 is 0 Å². The Bertz CT molecular complexity index is 340. The van der Waals surface area contributed by atoms with Gasteiger partial charge in [0.25, 0.3) is 5.91 Å². The lowest BCUT2D eigenvalue weighted by Gasteiger charge is -2.22. The van der Waals surface area contributed by atoms with E-state index in [2.05, 4.69) is 24.3 Å². The normalized spacial score (nSPS) is 16.3. The number of rotatable bonds is 5.